The Hall–Kier alpha value is -1.79. The Kier molecular flexibility index (Phi) is 4.22. The lowest BCUT2D eigenvalue weighted by molar-refractivity contribution is -0.113. The molecule has 0 saturated heterocycles. The Bertz CT molecular complexity index is 777. The molecule has 3 rings (SSSR count). The van der Waals surface area contributed by atoms with Crippen LogP contribution in [0.5, 0.6) is 0 Å². The molecule has 0 atom stereocenters. The highest BCUT2D eigenvalue weighted by Gasteiger charge is 2.17. The van der Waals surface area contributed by atoms with Crippen LogP contribution < -0.4 is 10.6 Å². The third kappa shape index (κ3) is 3.18. The normalized spacial score (nSPS) is 13.3. The third-order valence-electron chi connectivity index (χ3n) is 3.32. The van der Waals surface area contributed by atoms with Crippen LogP contribution in [0.4, 0.5) is 11.4 Å². The second-order valence-electron chi connectivity index (χ2n) is 4.96. The monoisotopic (exact) mass is 376 g/mol. The van der Waals surface area contributed by atoms with Crippen LogP contribution in [0.2, 0.25) is 0 Å². The molecule has 0 saturated carbocycles. The zero-order valence-electron chi connectivity index (χ0n) is 11.8. The maximum Gasteiger partial charge on any atom is 0.255 e. The Morgan fingerprint density at radius 1 is 1.27 bits per heavy atom. The van der Waals surface area contributed by atoms with Crippen molar-refractivity contribution in [1.82, 2.24) is 0 Å². The van der Waals surface area contributed by atoms with Gasteiger partial charge in [0, 0.05) is 20.6 Å². The maximum absolute atomic E-state index is 12.4. The summed E-state index contributed by atoms with van der Waals surface area (Å²) < 4.78 is 0.905. The minimum absolute atomic E-state index is 0.0436. The fraction of sp³-hybridized carbons (Fsp3) is 0.125. The highest BCUT2D eigenvalue weighted by molar-refractivity contribution is 9.10. The summed E-state index contributed by atoms with van der Waals surface area (Å²) in [6, 6.07) is 11.1. The predicted octanol–water partition coefficient (Wildman–Crippen LogP) is 4.05. The molecule has 0 bridgehead atoms. The molecule has 4 nitrogen and oxygen atoms in total. The molecule has 2 N–H and O–H groups in total. The van der Waals surface area contributed by atoms with Crippen molar-refractivity contribution in [2.45, 2.75) is 11.8 Å². The Labute approximate surface area is 140 Å². The first-order chi connectivity index (χ1) is 10.5. The maximum atomic E-state index is 12.4. The first-order valence-electron chi connectivity index (χ1n) is 6.67. The van der Waals surface area contributed by atoms with Gasteiger partial charge in [0.25, 0.3) is 5.91 Å². The highest BCUT2D eigenvalue weighted by Crippen LogP contribution is 2.32. The number of anilines is 2. The molecule has 1 aliphatic heterocycles. The quantitative estimate of drug-likeness (QED) is 0.830. The van der Waals surface area contributed by atoms with Crippen LogP contribution in [0.25, 0.3) is 0 Å². The SMILES string of the molecule is Cc1ccc(Br)cc1NC(=O)c1ccc2c(c1)NC(=O)CS2. The van der Waals surface area contributed by atoms with Gasteiger partial charge in [0.15, 0.2) is 0 Å². The standard InChI is InChI=1S/C16H13BrN2O2S/c1-9-2-4-11(17)7-12(9)19-16(21)10-3-5-14-13(6-10)18-15(20)8-22-14/h2-7H,8H2,1H3,(H,18,20)(H,19,21). The second-order valence-corrected chi connectivity index (χ2v) is 6.89. The Balaban J connectivity index is 1.85. The molecule has 0 aliphatic carbocycles. The van der Waals surface area contributed by atoms with Crippen molar-refractivity contribution in [3.05, 3.63) is 52.0 Å². The summed E-state index contributed by atoms with van der Waals surface area (Å²) in [5.74, 6) is 0.169. The van der Waals surface area contributed by atoms with E-state index in [0.717, 1.165) is 20.6 Å². The van der Waals surface area contributed by atoms with Crippen LogP contribution in [0.1, 0.15) is 15.9 Å². The van der Waals surface area contributed by atoms with Gasteiger partial charge < -0.3 is 10.6 Å². The molecule has 0 fully saturated rings. The van der Waals surface area contributed by atoms with Crippen LogP contribution in [-0.4, -0.2) is 17.6 Å². The molecule has 0 spiro atoms. The molecule has 2 amide bonds. The Morgan fingerprint density at radius 2 is 2.09 bits per heavy atom. The zero-order chi connectivity index (χ0) is 15.7. The molecule has 22 heavy (non-hydrogen) atoms. The molecule has 2 aromatic carbocycles. The van der Waals surface area contributed by atoms with Gasteiger partial charge in [-0.05, 0) is 42.8 Å². The first kappa shape index (κ1) is 15.1. The van der Waals surface area contributed by atoms with Gasteiger partial charge in [-0.2, -0.15) is 0 Å². The summed E-state index contributed by atoms with van der Waals surface area (Å²) in [5.41, 5.74) is 2.95. The minimum Gasteiger partial charge on any atom is -0.324 e. The van der Waals surface area contributed by atoms with E-state index in [-0.39, 0.29) is 11.8 Å². The number of benzene rings is 2. The van der Waals surface area contributed by atoms with E-state index < -0.39 is 0 Å². The van der Waals surface area contributed by atoms with Gasteiger partial charge in [-0.25, -0.2) is 0 Å². The van der Waals surface area contributed by atoms with E-state index in [9.17, 15) is 9.59 Å². The lowest BCUT2D eigenvalue weighted by Gasteiger charge is -2.17. The van der Waals surface area contributed by atoms with E-state index >= 15 is 0 Å². The van der Waals surface area contributed by atoms with E-state index in [1.54, 1.807) is 12.1 Å². The number of carbonyl (C=O) groups excluding carboxylic acids is 2. The second kappa shape index (κ2) is 6.14. The smallest absolute Gasteiger partial charge is 0.255 e. The predicted molar refractivity (Wildman–Crippen MR) is 92.6 cm³/mol. The number of hydrogen-bond donors (Lipinski definition) is 2. The largest absolute Gasteiger partial charge is 0.324 e. The summed E-state index contributed by atoms with van der Waals surface area (Å²) in [7, 11) is 0. The van der Waals surface area contributed by atoms with Gasteiger partial charge in [-0.3, -0.25) is 9.59 Å². The summed E-state index contributed by atoms with van der Waals surface area (Å²) in [6.07, 6.45) is 0. The van der Waals surface area contributed by atoms with E-state index in [1.807, 2.05) is 31.2 Å². The average Bonchev–Trinajstić information content (AvgIpc) is 2.50. The van der Waals surface area contributed by atoms with Crippen molar-refractivity contribution in [1.29, 1.82) is 0 Å². The molecule has 1 heterocycles. The molecule has 2 aromatic rings. The highest BCUT2D eigenvalue weighted by atomic mass is 79.9. The van der Waals surface area contributed by atoms with Crippen molar-refractivity contribution in [2.75, 3.05) is 16.4 Å². The van der Waals surface area contributed by atoms with Crippen LogP contribution >= 0.6 is 27.7 Å². The van der Waals surface area contributed by atoms with E-state index in [0.29, 0.717) is 17.0 Å². The summed E-state index contributed by atoms with van der Waals surface area (Å²) >= 11 is 4.87. The zero-order valence-corrected chi connectivity index (χ0v) is 14.2. The van der Waals surface area contributed by atoms with Gasteiger partial charge in [0.2, 0.25) is 5.91 Å². The lowest BCUT2D eigenvalue weighted by atomic mass is 10.1. The molecular weight excluding hydrogens is 364 g/mol. The number of rotatable bonds is 2. The van der Waals surface area contributed by atoms with E-state index in [2.05, 4.69) is 26.6 Å². The van der Waals surface area contributed by atoms with Gasteiger partial charge in [-0.15, -0.1) is 11.8 Å². The summed E-state index contributed by atoms with van der Waals surface area (Å²) in [5, 5.41) is 5.69. The number of hydrogen-bond acceptors (Lipinski definition) is 3. The van der Waals surface area contributed by atoms with Crippen LogP contribution in [0, 0.1) is 6.92 Å². The van der Waals surface area contributed by atoms with Gasteiger partial charge >= 0.3 is 0 Å². The summed E-state index contributed by atoms with van der Waals surface area (Å²) in [6.45, 7) is 1.94. The van der Waals surface area contributed by atoms with Crippen LogP contribution in [0.15, 0.2) is 45.8 Å². The van der Waals surface area contributed by atoms with E-state index in [1.165, 1.54) is 11.8 Å². The van der Waals surface area contributed by atoms with Gasteiger partial charge in [-0.1, -0.05) is 22.0 Å². The fourth-order valence-electron chi connectivity index (χ4n) is 2.15. The first-order valence-corrected chi connectivity index (χ1v) is 8.45. The van der Waals surface area contributed by atoms with Crippen LogP contribution in [-0.2, 0) is 4.79 Å². The number of fused-ring (bicyclic) bond motifs is 1. The molecule has 1 aliphatic rings. The molecule has 6 heteroatoms. The summed E-state index contributed by atoms with van der Waals surface area (Å²) in [4.78, 5) is 24.8. The molecule has 0 radical (unpaired) electrons. The Morgan fingerprint density at radius 3 is 2.91 bits per heavy atom. The fourth-order valence-corrected chi connectivity index (χ4v) is 3.30. The van der Waals surface area contributed by atoms with Crippen molar-refractivity contribution < 1.29 is 9.59 Å². The average molecular weight is 377 g/mol. The number of thioether (sulfide) groups is 1. The number of carbonyl (C=O) groups is 2. The topological polar surface area (TPSA) is 58.2 Å². The number of nitrogens with one attached hydrogen (secondary N) is 2. The lowest BCUT2D eigenvalue weighted by Crippen LogP contribution is -2.20. The van der Waals surface area contributed by atoms with Crippen LogP contribution in [0.3, 0.4) is 0 Å². The minimum atomic E-state index is -0.200. The van der Waals surface area contributed by atoms with Gasteiger partial charge in [0.1, 0.15) is 0 Å². The molecule has 0 aromatic heterocycles. The molecule has 0 unspecified atom stereocenters. The van der Waals surface area contributed by atoms with Crippen molar-refractivity contribution in [3.63, 3.8) is 0 Å². The van der Waals surface area contributed by atoms with Crippen molar-refractivity contribution >= 4 is 50.9 Å². The third-order valence-corrected chi connectivity index (χ3v) is 4.89. The number of aryl methyl sites for hydroxylation is 1. The van der Waals surface area contributed by atoms with Crippen molar-refractivity contribution in [3.8, 4) is 0 Å². The van der Waals surface area contributed by atoms with Gasteiger partial charge in [0.05, 0.1) is 11.4 Å². The number of halogens is 1. The molecule has 112 valence electrons. The number of amides is 2. The van der Waals surface area contributed by atoms with Crippen molar-refractivity contribution in [2.24, 2.45) is 0 Å². The molecular formula is C16H13BrN2O2S. The van der Waals surface area contributed by atoms with E-state index in [4.69, 9.17) is 0 Å².